The fourth-order valence-corrected chi connectivity index (χ4v) is 2.89. The number of piperidine rings is 1. The first-order valence-corrected chi connectivity index (χ1v) is 6.53. The lowest BCUT2D eigenvalue weighted by Gasteiger charge is -2.26. The molecular formula is C15H23N. The number of hydrogen-bond donors (Lipinski definition) is 1. The number of hydrogen-bond acceptors (Lipinski definition) is 1. The molecule has 0 bridgehead atoms. The fourth-order valence-electron chi connectivity index (χ4n) is 2.89. The second-order valence-corrected chi connectivity index (χ2v) is 5.21. The molecule has 0 amide bonds. The van der Waals surface area contributed by atoms with E-state index in [0.717, 1.165) is 5.92 Å². The molecule has 1 saturated heterocycles. The van der Waals surface area contributed by atoms with E-state index in [1.165, 1.54) is 43.5 Å². The van der Waals surface area contributed by atoms with Gasteiger partial charge in [0.1, 0.15) is 0 Å². The lowest BCUT2D eigenvalue weighted by atomic mass is 9.85. The van der Waals surface area contributed by atoms with Crippen molar-refractivity contribution in [2.24, 2.45) is 5.92 Å². The fraction of sp³-hybridized carbons (Fsp3) is 0.600. The Morgan fingerprint density at radius 3 is 2.88 bits per heavy atom. The van der Waals surface area contributed by atoms with Crippen LogP contribution in [0.5, 0.6) is 0 Å². The molecule has 16 heavy (non-hydrogen) atoms. The molecule has 1 aliphatic heterocycles. The number of rotatable bonds is 3. The first-order valence-electron chi connectivity index (χ1n) is 6.53. The second kappa shape index (κ2) is 5.49. The first kappa shape index (κ1) is 11.7. The molecule has 0 radical (unpaired) electrons. The zero-order valence-corrected chi connectivity index (χ0v) is 10.5. The Kier molecular flexibility index (Phi) is 4.00. The molecule has 1 aromatic carbocycles. The molecule has 1 heteroatoms. The molecule has 2 rings (SSSR count). The summed E-state index contributed by atoms with van der Waals surface area (Å²) in [4.78, 5) is 0. The van der Waals surface area contributed by atoms with E-state index in [-0.39, 0.29) is 0 Å². The molecule has 0 spiro atoms. The highest BCUT2D eigenvalue weighted by molar-refractivity contribution is 5.28. The van der Waals surface area contributed by atoms with Gasteiger partial charge in [-0.2, -0.15) is 0 Å². The quantitative estimate of drug-likeness (QED) is 0.817. The van der Waals surface area contributed by atoms with Crippen LogP contribution in [0.2, 0.25) is 0 Å². The summed E-state index contributed by atoms with van der Waals surface area (Å²) in [7, 11) is 0. The van der Waals surface area contributed by atoms with Crippen molar-refractivity contribution in [3.8, 4) is 0 Å². The van der Waals surface area contributed by atoms with Crippen LogP contribution in [-0.2, 0) is 0 Å². The van der Waals surface area contributed by atoms with E-state index < -0.39 is 0 Å². The monoisotopic (exact) mass is 217 g/mol. The minimum Gasteiger partial charge on any atom is -0.316 e. The Balaban J connectivity index is 1.96. The highest BCUT2D eigenvalue weighted by atomic mass is 14.9. The van der Waals surface area contributed by atoms with Gasteiger partial charge in [-0.3, -0.25) is 0 Å². The number of benzene rings is 1. The topological polar surface area (TPSA) is 12.0 Å². The molecular weight excluding hydrogens is 194 g/mol. The maximum absolute atomic E-state index is 3.51. The third-order valence-electron chi connectivity index (χ3n) is 3.81. The van der Waals surface area contributed by atoms with Gasteiger partial charge in [0.25, 0.3) is 0 Å². The second-order valence-electron chi connectivity index (χ2n) is 5.21. The van der Waals surface area contributed by atoms with E-state index in [1.54, 1.807) is 0 Å². The summed E-state index contributed by atoms with van der Waals surface area (Å²) >= 11 is 0. The average molecular weight is 217 g/mol. The Bertz CT molecular complexity index is 326. The molecule has 1 heterocycles. The third kappa shape index (κ3) is 2.85. The minimum absolute atomic E-state index is 0.700. The third-order valence-corrected chi connectivity index (χ3v) is 3.81. The summed E-state index contributed by atoms with van der Waals surface area (Å²) in [6.07, 6.45) is 4.09. The van der Waals surface area contributed by atoms with Crippen molar-refractivity contribution in [2.75, 3.05) is 13.1 Å². The summed E-state index contributed by atoms with van der Waals surface area (Å²) in [6.45, 7) is 7.04. The van der Waals surface area contributed by atoms with Gasteiger partial charge in [0.15, 0.2) is 0 Å². The van der Waals surface area contributed by atoms with E-state index in [9.17, 15) is 0 Å². The van der Waals surface area contributed by atoms with Crippen LogP contribution >= 0.6 is 0 Å². The van der Waals surface area contributed by atoms with Crippen molar-refractivity contribution in [1.29, 1.82) is 0 Å². The van der Waals surface area contributed by atoms with Gasteiger partial charge in [-0.15, -0.1) is 0 Å². The molecule has 0 saturated carbocycles. The summed E-state index contributed by atoms with van der Waals surface area (Å²) < 4.78 is 0. The van der Waals surface area contributed by atoms with Crippen molar-refractivity contribution in [1.82, 2.24) is 5.32 Å². The lowest BCUT2D eigenvalue weighted by Crippen LogP contribution is -2.30. The van der Waals surface area contributed by atoms with Crippen molar-refractivity contribution >= 4 is 0 Å². The van der Waals surface area contributed by atoms with E-state index in [4.69, 9.17) is 0 Å². The van der Waals surface area contributed by atoms with Gasteiger partial charge in [-0.25, -0.2) is 0 Å². The Morgan fingerprint density at radius 2 is 2.19 bits per heavy atom. The summed E-state index contributed by atoms with van der Waals surface area (Å²) in [5.41, 5.74) is 2.98. The van der Waals surface area contributed by atoms with Gasteiger partial charge >= 0.3 is 0 Å². The largest absolute Gasteiger partial charge is 0.316 e. The summed E-state index contributed by atoms with van der Waals surface area (Å²) in [6, 6.07) is 8.81. The molecule has 1 N–H and O–H groups in total. The molecule has 1 nitrogen and oxygen atoms in total. The molecule has 2 unspecified atom stereocenters. The smallest absolute Gasteiger partial charge is 0.00203 e. The van der Waals surface area contributed by atoms with Gasteiger partial charge in [-0.1, -0.05) is 31.2 Å². The van der Waals surface area contributed by atoms with Gasteiger partial charge in [0.05, 0.1) is 0 Å². The SMILES string of the molecule is Cc1ccccc1C(C)CC1CCCNC1. The average Bonchev–Trinajstić information content (AvgIpc) is 2.31. The van der Waals surface area contributed by atoms with Crippen molar-refractivity contribution in [2.45, 2.75) is 39.0 Å². The van der Waals surface area contributed by atoms with E-state index in [0.29, 0.717) is 5.92 Å². The number of aryl methyl sites for hydroxylation is 1. The first-order chi connectivity index (χ1) is 7.77. The van der Waals surface area contributed by atoms with Gasteiger partial charge in [0.2, 0.25) is 0 Å². The Hall–Kier alpha value is -0.820. The van der Waals surface area contributed by atoms with Gasteiger partial charge in [0, 0.05) is 0 Å². The summed E-state index contributed by atoms with van der Waals surface area (Å²) in [5, 5.41) is 3.51. The van der Waals surface area contributed by atoms with Crippen LogP contribution in [0.3, 0.4) is 0 Å². The standard InChI is InChI=1S/C15H23N/c1-12-6-3-4-8-15(12)13(2)10-14-7-5-9-16-11-14/h3-4,6,8,13-14,16H,5,7,9-11H2,1-2H3. The zero-order chi connectivity index (χ0) is 11.4. The normalized spacial score (nSPS) is 23.0. The molecule has 2 atom stereocenters. The number of nitrogens with one attached hydrogen (secondary N) is 1. The van der Waals surface area contributed by atoms with Crippen LogP contribution < -0.4 is 5.32 Å². The predicted octanol–water partition coefficient (Wildman–Crippen LogP) is 3.49. The highest BCUT2D eigenvalue weighted by Gasteiger charge is 2.17. The van der Waals surface area contributed by atoms with Crippen LogP contribution in [0.15, 0.2) is 24.3 Å². The van der Waals surface area contributed by atoms with E-state index in [1.807, 2.05) is 0 Å². The zero-order valence-electron chi connectivity index (χ0n) is 10.5. The maximum atomic E-state index is 3.51. The van der Waals surface area contributed by atoms with Crippen LogP contribution in [-0.4, -0.2) is 13.1 Å². The molecule has 1 fully saturated rings. The van der Waals surface area contributed by atoms with Gasteiger partial charge < -0.3 is 5.32 Å². The molecule has 0 aromatic heterocycles. The van der Waals surface area contributed by atoms with Gasteiger partial charge in [-0.05, 0) is 62.2 Å². The van der Waals surface area contributed by atoms with Crippen LogP contribution in [0.1, 0.15) is 43.2 Å². The van der Waals surface area contributed by atoms with Crippen molar-refractivity contribution < 1.29 is 0 Å². The highest BCUT2D eigenvalue weighted by Crippen LogP contribution is 2.28. The maximum Gasteiger partial charge on any atom is -0.00203 e. The Labute approximate surface area is 99.3 Å². The predicted molar refractivity (Wildman–Crippen MR) is 69.8 cm³/mol. The summed E-state index contributed by atoms with van der Waals surface area (Å²) in [5.74, 6) is 1.58. The molecule has 1 aromatic rings. The van der Waals surface area contributed by atoms with Crippen molar-refractivity contribution in [3.63, 3.8) is 0 Å². The molecule has 88 valence electrons. The van der Waals surface area contributed by atoms with Crippen LogP contribution in [0.4, 0.5) is 0 Å². The van der Waals surface area contributed by atoms with Crippen LogP contribution in [0.25, 0.3) is 0 Å². The molecule has 1 aliphatic rings. The van der Waals surface area contributed by atoms with E-state index >= 15 is 0 Å². The Morgan fingerprint density at radius 1 is 1.38 bits per heavy atom. The van der Waals surface area contributed by atoms with Crippen molar-refractivity contribution in [3.05, 3.63) is 35.4 Å². The molecule has 0 aliphatic carbocycles. The van der Waals surface area contributed by atoms with Crippen LogP contribution in [0, 0.1) is 12.8 Å². The van der Waals surface area contributed by atoms with E-state index in [2.05, 4.69) is 43.4 Å². The minimum atomic E-state index is 0.700. The lowest BCUT2D eigenvalue weighted by molar-refractivity contribution is 0.340.